The molecule has 2 aromatic carbocycles. The largest absolute Gasteiger partial charge is 0.491 e. The predicted octanol–water partition coefficient (Wildman–Crippen LogP) is 3.79. The molecule has 1 N–H and O–H groups in total. The van der Waals surface area contributed by atoms with E-state index in [1.165, 1.54) is 25.1 Å². The molecule has 7 heteroatoms. The van der Waals surface area contributed by atoms with E-state index in [2.05, 4.69) is 5.32 Å². The van der Waals surface area contributed by atoms with Crippen molar-refractivity contribution < 1.29 is 19.2 Å². The van der Waals surface area contributed by atoms with Crippen LogP contribution in [0.1, 0.15) is 20.8 Å². The van der Waals surface area contributed by atoms with Crippen molar-refractivity contribution in [1.82, 2.24) is 0 Å². The second kappa shape index (κ2) is 8.14. The average Bonchev–Trinajstić information content (AvgIpc) is 2.54. The van der Waals surface area contributed by atoms with Crippen molar-refractivity contribution in [1.29, 1.82) is 0 Å². The summed E-state index contributed by atoms with van der Waals surface area (Å²) >= 11 is 0. The number of benzene rings is 2. The van der Waals surface area contributed by atoms with Crippen LogP contribution in [0.2, 0.25) is 0 Å². The normalized spacial score (nSPS) is 11.7. The minimum Gasteiger partial charge on any atom is -0.491 e. The van der Waals surface area contributed by atoms with E-state index in [0.717, 1.165) is 0 Å². The fraction of sp³-hybridized carbons (Fsp3) is 0.278. The standard InChI is InChI=1S/C18H20N2O5/c1-12(2)24-15-8-6-7-14(11-15)19-18(21)13(3)25-17-10-5-4-9-16(17)20(22)23/h4-13H,1-3H3,(H,19,21). The van der Waals surface area contributed by atoms with E-state index in [1.54, 1.807) is 30.3 Å². The molecule has 0 aliphatic carbocycles. The van der Waals surface area contributed by atoms with Gasteiger partial charge < -0.3 is 14.8 Å². The second-order valence-corrected chi connectivity index (χ2v) is 5.67. The maximum atomic E-state index is 12.3. The molecule has 0 fully saturated rings. The highest BCUT2D eigenvalue weighted by atomic mass is 16.6. The molecule has 0 spiro atoms. The van der Waals surface area contributed by atoms with Gasteiger partial charge in [-0.1, -0.05) is 18.2 Å². The number of nitro groups is 1. The van der Waals surface area contributed by atoms with E-state index in [1.807, 2.05) is 13.8 Å². The van der Waals surface area contributed by atoms with Gasteiger partial charge in [0.15, 0.2) is 11.9 Å². The van der Waals surface area contributed by atoms with Gasteiger partial charge in [0.05, 0.1) is 11.0 Å². The monoisotopic (exact) mass is 344 g/mol. The molecule has 132 valence electrons. The third-order valence-electron chi connectivity index (χ3n) is 3.21. The van der Waals surface area contributed by atoms with Crippen molar-refractivity contribution in [3.8, 4) is 11.5 Å². The maximum Gasteiger partial charge on any atom is 0.310 e. The second-order valence-electron chi connectivity index (χ2n) is 5.67. The third-order valence-corrected chi connectivity index (χ3v) is 3.21. The van der Waals surface area contributed by atoms with Crippen LogP contribution in [0.4, 0.5) is 11.4 Å². The van der Waals surface area contributed by atoms with Gasteiger partial charge in [0.2, 0.25) is 0 Å². The molecule has 2 rings (SSSR count). The summed E-state index contributed by atoms with van der Waals surface area (Å²) in [4.78, 5) is 22.7. The number of carbonyl (C=O) groups is 1. The first kappa shape index (κ1) is 18.3. The van der Waals surface area contributed by atoms with Crippen LogP contribution in [0.15, 0.2) is 48.5 Å². The van der Waals surface area contributed by atoms with Gasteiger partial charge in [-0.15, -0.1) is 0 Å². The Labute approximate surface area is 145 Å². The first-order valence-corrected chi connectivity index (χ1v) is 7.84. The van der Waals surface area contributed by atoms with Crippen molar-refractivity contribution in [3.05, 3.63) is 58.6 Å². The van der Waals surface area contributed by atoms with Gasteiger partial charge >= 0.3 is 5.69 Å². The predicted molar refractivity (Wildman–Crippen MR) is 94.0 cm³/mol. The van der Waals surface area contributed by atoms with Crippen LogP contribution in [0.3, 0.4) is 0 Å². The highest BCUT2D eigenvalue weighted by molar-refractivity contribution is 5.94. The number of nitrogens with zero attached hydrogens (tertiary/aromatic N) is 1. The van der Waals surface area contributed by atoms with Gasteiger partial charge in [-0.2, -0.15) is 0 Å². The van der Waals surface area contributed by atoms with Gasteiger partial charge in [0, 0.05) is 17.8 Å². The molecule has 0 bridgehead atoms. The lowest BCUT2D eigenvalue weighted by atomic mass is 10.2. The van der Waals surface area contributed by atoms with Crippen molar-refractivity contribution >= 4 is 17.3 Å². The molecule has 0 saturated carbocycles. The fourth-order valence-corrected chi connectivity index (χ4v) is 2.11. The van der Waals surface area contributed by atoms with E-state index >= 15 is 0 Å². The minimum absolute atomic E-state index is 0.0202. The van der Waals surface area contributed by atoms with Crippen LogP contribution in [0.5, 0.6) is 11.5 Å². The number of hydrogen-bond acceptors (Lipinski definition) is 5. The maximum absolute atomic E-state index is 12.3. The lowest BCUT2D eigenvalue weighted by Crippen LogP contribution is -2.30. The van der Waals surface area contributed by atoms with Gasteiger partial charge in [-0.05, 0) is 39.0 Å². The van der Waals surface area contributed by atoms with Crippen molar-refractivity contribution in [2.24, 2.45) is 0 Å². The van der Waals surface area contributed by atoms with E-state index in [0.29, 0.717) is 11.4 Å². The molecule has 0 heterocycles. The number of carbonyl (C=O) groups excluding carboxylic acids is 1. The quantitative estimate of drug-likeness (QED) is 0.609. The highest BCUT2D eigenvalue weighted by Crippen LogP contribution is 2.27. The first-order valence-electron chi connectivity index (χ1n) is 7.84. The van der Waals surface area contributed by atoms with Gasteiger partial charge in [0.1, 0.15) is 5.75 Å². The Kier molecular flexibility index (Phi) is 5.94. The number of rotatable bonds is 7. The Morgan fingerprint density at radius 1 is 1.08 bits per heavy atom. The molecule has 2 aromatic rings. The van der Waals surface area contributed by atoms with Crippen LogP contribution in [-0.4, -0.2) is 23.0 Å². The van der Waals surface area contributed by atoms with Crippen molar-refractivity contribution in [3.63, 3.8) is 0 Å². The summed E-state index contributed by atoms with van der Waals surface area (Å²) in [5, 5.41) is 13.7. The Hall–Kier alpha value is -3.09. The minimum atomic E-state index is -0.907. The molecule has 0 radical (unpaired) electrons. The molecule has 0 saturated heterocycles. The van der Waals surface area contributed by atoms with Crippen LogP contribution in [-0.2, 0) is 4.79 Å². The Morgan fingerprint density at radius 2 is 1.80 bits per heavy atom. The molecular formula is C18H20N2O5. The summed E-state index contributed by atoms with van der Waals surface area (Å²) < 4.78 is 11.0. The number of nitro benzene ring substituents is 1. The number of nitrogens with one attached hydrogen (secondary N) is 1. The average molecular weight is 344 g/mol. The number of para-hydroxylation sites is 2. The van der Waals surface area contributed by atoms with Gasteiger partial charge in [-0.3, -0.25) is 14.9 Å². The van der Waals surface area contributed by atoms with Gasteiger partial charge in [0.25, 0.3) is 5.91 Å². The van der Waals surface area contributed by atoms with Crippen LogP contribution >= 0.6 is 0 Å². The smallest absolute Gasteiger partial charge is 0.310 e. The number of hydrogen-bond donors (Lipinski definition) is 1. The summed E-state index contributed by atoms with van der Waals surface area (Å²) in [6.45, 7) is 5.35. The fourth-order valence-electron chi connectivity index (χ4n) is 2.11. The Morgan fingerprint density at radius 3 is 2.48 bits per heavy atom. The van der Waals surface area contributed by atoms with E-state index in [4.69, 9.17) is 9.47 Å². The summed E-state index contributed by atoms with van der Waals surface area (Å²) in [5.41, 5.74) is 0.371. The summed E-state index contributed by atoms with van der Waals surface area (Å²) in [6.07, 6.45) is -0.886. The highest BCUT2D eigenvalue weighted by Gasteiger charge is 2.20. The summed E-state index contributed by atoms with van der Waals surface area (Å²) in [5.74, 6) is 0.270. The van der Waals surface area contributed by atoms with Crippen molar-refractivity contribution in [2.75, 3.05) is 5.32 Å². The molecule has 1 amide bonds. The number of ether oxygens (including phenoxy) is 2. The lowest BCUT2D eigenvalue weighted by molar-refractivity contribution is -0.386. The topological polar surface area (TPSA) is 90.7 Å². The van der Waals surface area contributed by atoms with Gasteiger partial charge in [-0.25, -0.2) is 0 Å². The molecule has 7 nitrogen and oxygen atoms in total. The first-order chi connectivity index (χ1) is 11.9. The third kappa shape index (κ3) is 5.20. The molecular weight excluding hydrogens is 324 g/mol. The Balaban J connectivity index is 2.05. The lowest BCUT2D eigenvalue weighted by Gasteiger charge is -2.15. The van der Waals surface area contributed by atoms with E-state index < -0.39 is 16.9 Å². The zero-order valence-corrected chi connectivity index (χ0v) is 14.3. The number of amides is 1. The SMILES string of the molecule is CC(C)Oc1cccc(NC(=O)C(C)Oc2ccccc2[N+](=O)[O-])c1. The molecule has 25 heavy (non-hydrogen) atoms. The van der Waals surface area contributed by atoms with Crippen LogP contribution < -0.4 is 14.8 Å². The van der Waals surface area contributed by atoms with Crippen molar-refractivity contribution in [2.45, 2.75) is 33.0 Å². The zero-order chi connectivity index (χ0) is 18.4. The van der Waals surface area contributed by atoms with E-state index in [9.17, 15) is 14.9 Å². The Bertz CT molecular complexity index is 761. The summed E-state index contributed by atoms with van der Waals surface area (Å²) in [6, 6.07) is 12.9. The molecule has 1 unspecified atom stereocenters. The molecule has 1 atom stereocenters. The molecule has 0 aliphatic rings. The van der Waals surface area contributed by atoms with E-state index in [-0.39, 0.29) is 17.5 Å². The number of anilines is 1. The molecule has 0 aliphatic heterocycles. The van der Waals surface area contributed by atoms with Crippen LogP contribution in [0.25, 0.3) is 0 Å². The zero-order valence-electron chi connectivity index (χ0n) is 14.3. The summed E-state index contributed by atoms with van der Waals surface area (Å²) in [7, 11) is 0. The molecule has 0 aromatic heterocycles. The van der Waals surface area contributed by atoms with Crippen LogP contribution in [0, 0.1) is 10.1 Å².